The van der Waals surface area contributed by atoms with Gasteiger partial charge in [-0.2, -0.15) is 10.1 Å². The molecule has 0 unspecified atom stereocenters. The van der Waals surface area contributed by atoms with Gasteiger partial charge in [-0.25, -0.2) is 9.78 Å². The fraction of sp³-hybridized carbons (Fsp3) is 0.500. The molecule has 4 rings (SSSR count). The molecule has 0 bridgehead atoms. The lowest BCUT2D eigenvalue weighted by Crippen LogP contribution is -2.38. The quantitative estimate of drug-likeness (QED) is 0.745. The third-order valence-corrected chi connectivity index (χ3v) is 4.97. The Morgan fingerprint density at radius 2 is 2.15 bits per heavy atom. The van der Waals surface area contributed by atoms with Crippen molar-refractivity contribution in [2.24, 2.45) is 7.05 Å². The van der Waals surface area contributed by atoms with Gasteiger partial charge < -0.3 is 14.7 Å². The van der Waals surface area contributed by atoms with Gasteiger partial charge in [-0.3, -0.25) is 4.68 Å². The van der Waals surface area contributed by atoms with Gasteiger partial charge in [0.1, 0.15) is 0 Å². The van der Waals surface area contributed by atoms with Crippen LogP contribution in [0.2, 0.25) is 0 Å². The fourth-order valence-corrected chi connectivity index (χ4v) is 3.64. The number of pyridine rings is 1. The molecular formula is C18H23N7O2. The maximum absolute atomic E-state index is 13.0. The van der Waals surface area contributed by atoms with E-state index in [0.717, 1.165) is 42.4 Å². The van der Waals surface area contributed by atoms with Crippen LogP contribution in [0.3, 0.4) is 0 Å². The number of nitrogens with one attached hydrogen (secondary N) is 1. The largest absolute Gasteiger partial charge is 0.340 e. The molecule has 1 N–H and O–H groups in total. The van der Waals surface area contributed by atoms with Crippen LogP contribution in [0.15, 0.2) is 16.8 Å². The van der Waals surface area contributed by atoms with Gasteiger partial charge in [0, 0.05) is 25.9 Å². The van der Waals surface area contributed by atoms with Crippen molar-refractivity contribution < 1.29 is 9.32 Å². The van der Waals surface area contributed by atoms with Crippen LogP contribution in [0.5, 0.6) is 0 Å². The molecule has 0 spiro atoms. The summed E-state index contributed by atoms with van der Waals surface area (Å²) in [5, 5.41) is 12.3. The Morgan fingerprint density at radius 1 is 1.30 bits per heavy atom. The molecule has 3 aromatic rings. The van der Waals surface area contributed by atoms with Crippen LogP contribution in [-0.2, 0) is 7.05 Å². The van der Waals surface area contributed by atoms with Crippen molar-refractivity contribution in [1.82, 2.24) is 29.8 Å². The van der Waals surface area contributed by atoms with Crippen LogP contribution in [0, 0.1) is 13.8 Å². The Labute approximate surface area is 156 Å². The molecule has 1 saturated heterocycles. The van der Waals surface area contributed by atoms with E-state index < -0.39 is 0 Å². The Hall–Kier alpha value is -2.97. The molecule has 1 fully saturated rings. The molecule has 27 heavy (non-hydrogen) atoms. The number of hydrogen-bond acceptors (Lipinski definition) is 6. The standard InChI is InChI=1S/C18H23N7O2/c1-11-14-9-13(10-19-17(14)24(3)22-11)21-18(26)25-8-6-4-5-7-15(25)16-20-12(2)27-23-16/h9-10,15H,4-8H2,1-3H3,(H,21,26)/t15-/m0/s1. The molecule has 1 atom stereocenters. The van der Waals surface area contributed by atoms with Gasteiger partial charge in [-0.05, 0) is 25.8 Å². The lowest BCUT2D eigenvalue weighted by molar-refractivity contribution is 0.184. The van der Waals surface area contributed by atoms with Gasteiger partial charge in [-0.1, -0.05) is 18.0 Å². The molecule has 0 aliphatic carbocycles. The van der Waals surface area contributed by atoms with E-state index in [-0.39, 0.29) is 12.1 Å². The van der Waals surface area contributed by atoms with Gasteiger partial charge in [0.2, 0.25) is 5.89 Å². The minimum absolute atomic E-state index is 0.174. The zero-order valence-electron chi connectivity index (χ0n) is 15.8. The molecule has 1 aliphatic rings. The highest BCUT2D eigenvalue weighted by Crippen LogP contribution is 2.29. The highest BCUT2D eigenvalue weighted by molar-refractivity contribution is 5.92. The number of nitrogens with zero attached hydrogens (tertiary/aromatic N) is 6. The highest BCUT2D eigenvalue weighted by atomic mass is 16.5. The number of aryl methyl sites for hydroxylation is 3. The first-order valence-corrected chi connectivity index (χ1v) is 9.20. The van der Waals surface area contributed by atoms with Crippen molar-refractivity contribution in [1.29, 1.82) is 0 Å². The van der Waals surface area contributed by atoms with Gasteiger partial charge in [-0.15, -0.1) is 0 Å². The van der Waals surface area contributed by atoms with Crippen molar-refractivity contribution in [3.8, 4) is 0 Å². The predicted octanol–water partition coefficient (Wildman–Crippen LogP) is 3.12. The minimum atomic E-state index is -0.179. The topological polar surface area (TPSA) is 102 Å². The number of rotatable bonds is 2. The van der Waals surface area contributed by atoms with E-state index in [2.05, 4.69) is 25.5 Å². The fourth-order valence-electron chi connectivity index (χ4n) is 3.64. The zero-order chi connectivity index (χ0) is 19.0. The van der Waals surface area contributed by atoms with Crippen LogP contribution in [-0.4, -0.2) is 42.4 Å². The van der Waals surface area contributed by atoms with Crippen molar-refractivity contribution >= 4 is 22.8 Å². The second-order valence-corrected chi connectivity index (χ2v) is 6.96. The lowest BCUT2D eigenvalue weighted by atomic mass is 10.1. The van der Waals surface area contributed by atoms with Gasteiger partial charge in [0.05, 0.1) is 23.6 Å². The Morgan fingerprint density at radius 3 is 2.93 bits per heavy atom. The summed E-state index contributed by atoms with van der Waals surface area (Å²) in [6.45, 7) is 4.35. The second kappa shape index (κ2) is 6.98. The first kappa shape index (κ1) is 17.4. The number of carbonyl (C=O) groups excluding carboxylic acids is 1. The molecular weight excluding hydrogens is 346 g/mol. The highest BCUT2D eigenvalue weighted by Gasteiger charge is 2.30. The van der Waals surface area contributed by atoms with Gasteiger partial charge >= 0.3 is 6.03 Å². The van der Waals surface area contributed by atoms with E-state index in [4.69, 9.17) is 4.52 Å². The minimum Gasteiger partial charge on any atom is -0.340 e. The molecule has 3 aromatic heterocycles. The van der Waals surface area contributed by atoms with E-state index in [9.17, 15) is 4.79 Å². The molecule has 0 aromatic carbocycles. The van der Waals surface area contributed by atoms with Crippen molar-refractivity contribution in [3.05, 3.63) is 29.7 Å². The summed E-state index contributed by atoms with van der Waals surface area (Å²) in [5.41, 5.74) is 2.32. The summed E-state index contributed by atoms with van der Waals surface area (Å²) < 4.78 is 6.87. The number of hydrogen-bond donors (Lipinski definition) is 1. The number of carbonyl (C=O) groups is 1. The molecule has 4 heterocycles. The van der Waals surface area contributed by atoms with E-state index >= 15 is 0 Å². The second-order valence-electron chi connectivity index (χ2n) is 6.96. The summed E-state index contributed by atoms with van der Waals surface area (Å²) in [7, 11) is 1.86. The maximum Gasteiger partial charge on any atom is 0.322 e. The monoisotopic (exact) mass is 369 g/mol. The van der Waals surface area contributed by atoms with E-state index in [0.29, 0.717) is 23.9 Å². The van der Waals surface area contributed by atoms with E-state index in [1.807, 2.05) is 20.0 Å². The Balaban J connectivity index is 1.59. The van der Waals surface area contributed by atoms with Gasteiger partial charge in [0.15, 0.2) is 11.5 Å². The summed E-state index contributed by atoms with van der Waals surface area (Å²) in [4.78, 5) is 23.6. The number of anilines is 1. The number of likely N-dealkylation sites (tertiary alicyclic amines) is 1. The third kappa shape index (κ3) is 3.36. The molecule has 1 aliphatic heterocycles. The molecule has 0 saturated carbocycles. The summed E-state index contributed by atoms with van der Waals surface area (Å²) in [6, 6.07) is 1.56. The van der Waals surface area contributed by atoms with Crippen molar-refractivity contribution in [2.75, 3.05) is 11.9 Å². The van der Waals surface area contributed by atoms with Crippen molar-refractivity contribution in [3.63, 3.8) is 0 Å². The average Bonchev–Trinajstić information content (AvgIpc) is 3.08. The van der Waals surface area contributed by atoms with Crippen LogP contribution in [0.4, 0.5) is 10.5 Å². The number of fused-ring (bicyclic) bond motifs is 1. The van der Waals surface area contributed by atoms with Crippen LogP contribution >= 0.6 is 0 Å². The molecule has 2 amide bonds. The molecule has 0 radical (unpaired) electrons. The van der Waals surface area contributed by atoms with Crippen molar-refractivity contribution in [2.45, 2.75) is 45.6 Å². The van der Waals surface area contributed by atoms with E-state index in [1.165, 1.54) is 0 Å². The van der Waals surface area contributed by atoms with Crippen LogP contribution in [0.25, 0.3) is 11.0 Å². The Bertz CT molecular complexity index is 977. The first-order chi connectivity index (χ1) is 13.0. The third-order valence-electron chi connectivity index (χ3n) is 4.97. The lowest BCUT2D eigenvalue weighted by Gasteiger charge is -2.27. The summed E-state index contributed by atoms with van der Waals surface area (Å²) in [5.74, 6) is 1.08. The van der Waals surface area contributed by atoms with E-state index in [1.54, 1.807) is 22.7 Å². The smallest absolute Gasteiger partial charge is 0.322 e. The summed E-state index contributed by atoms with van der Waals surface area (Å²) in [6.07, 6.45) is 5.56. The zero-order valence-corrected chi connectivity index (χ0v) is 15.8. The average molecular weight is 369 g/mol. The SMILES string of the molecule is Cc1nc([C@@H]2CCCCCN2C(=O)Nc2cnc3c(c2)c(C)nn3C)no1. The summed E-state index contributed by atoms with van der Waals surface area (Å²) >= 11 is 0. The maximum atomic E-state index is 13.0. The normalized spacial score (nSPS) is 17.9. The number of urea groups is 1. The number of amides is 2. The van der Waals surface area contributed by atoms with Crippen LogP contribution < -0.4 is 5.32 Å². The molecule has 9 nitrogen and oxygen atoms in total. The number of aromatic nitrogens is 5. The molecule has 9 heteroatoms. The Kier molecular flexibility index (Phi) is 4.51. The van der Waals surface area contributed by atoms with Crippen LogP contribution in [0.1, 0.15) is 49.1 Å². The predicted molar refractivity (Wildman–Crippen MR) is 99.2 cm³/mol. The molecule has 142 valence electrons. The van der Waals surface area contributed by atoms with Gasteiger partial charge in [0.25, 0.3) is 0 Å². The first-order valence-electron chi connectivity index (χ1n) is 9.20.